The SMILES string of the molecule is COc1c(O)cc(O)c2c(=O)cc(-c3ccc(F)c(F)c3)oc12. The zero-order chi connectivity index (χ0) is 16.7. The molecule has 0 atom stereocenters. The minimum Gasteiger partial charge on any atom is -0.507 e. The Bertz CT molecular complexity index is 978. The Hall–Kier alpha value is -3.09. The van der Waals surface area contributed by atoms with Crippen molar-refractivity contribution >= 4 is 11.0 Å². The van der Waals surface area contributed by atoms with Crippen LogP contribution in [0.4, 0.5) is 8.78 Å². The molecule has 3 aromatic rings. The molecule has 0 amide bonds. The molecule has 0 unspecified atom stereocenters. The summed E-state index contributed by atoms with van der Waals surface area (Å²) in [5.41, 5.74) is -0.702. The molecule has 1 heterocycles. The summed E-state index contributed by atoms with van der Waals surface area (Å²) in [6.07, 6.45) is 0. The first-order chi connectivity index (χ1) is 10.9. The van der Waals surface area contributed by atoms with Gasteiger partial charge in [0.25, 0.3) is 0 Å². The zero-order valence-electron chi connectivity index (χ0n) is 11.8. The van der Waals surface area contributed by atoms with Crippen molar-refractivity contribution in [1.29, 1.82) is 0 Å². The van der Waals surface area contributed by atoms with Crippen molar-refractivity contribution in [1.82, 2.24) is 0 Å². The van der Waals surface area contributed by atoms with Crippen LogP contribution in [0.3, 0.4) is 0 Å². The Morgan fingerprint density at radius 3 is 2.43 bits per heavy atom. The van der Waals surface area contributed by atoms with E-state index in [4.69, 9.17) is 9.15 Å². The van der Waals surface area contributed by atoms with Gasteiger partial charge in [-0.25, -0.2) is 8.78 Å². The van der Waals surface area contributed by atoms with E-state index in [1.54, 1.807) is 0 Å². The number of halogens is 2. The molecule has 0 bridgehead atoms. The van der Waals surface area contributed by atoms with E-state index in [0.717, 1.165) is 24.3 Å². The molecule has 2 N–H and O–H groups in total. The Morgan fingerprint density at radius 2 is 1.78 bits per heavy atom. The van der Waals surface area contributed by atoms with E-state index in [1.165, 1.54) is 13.2 Å². The number of fused-ring (bicyclic) bond motifs is 1. The molecule has 118 valence electrons. The molecular formula is C16H10F2O5. The lowest BCUT2D eigenvalue weighted by molar-refractivity contribution is 0.367. The fourth-order valence-electron chi connectivity index (χ4n) is 2.27. The van der Waals surface area contributed by atoms with Crippen molar-refractivity contribution in [3.05, 3.63) is 52.2 Å². The predicted octanol–water partition coefficient (Wildman–Crippen LogP) is 3.16. The number of rotatable bonds is 2. The van der Waals surface area contributed by atoms with Crippen molar-refractivity contribution in [3.8, 4) is 28.6 Å². The molecule has 0 aliphatic heterocycles. The monoisotopic (exact) mass is 320 g/mol. The van der Waals surface area contributed by atoms with E-state index in [9.17, 15) is 23.8 Å². The van der Waals surface area contributed by atoms with Gasteiger partial charge in [0.15, 0.2) is 28.4 Å². The second-order valence-electron chi connectivity index (χ2n) is 4.76. The maximum Gasteiger partial charge on any atom is 0.204 e. The van der Waals surface area contributed by atoms with E-state index in [0.29, 0.717) is 0 Å². The van der Waals surface area contributed by atoms with Crippen molar-refractivity contribution in [2.24, 2.45) is 0 Å². The lowest BCUT2D eigenvalue weighted by atomic mass is 10.1. The normalized spacial score (nSPS) is 10.9. The minimum atomic E-state index is -1.10. The molecule has 0 spiro atoms. The largest absolute Gasteiger partial charge is 0.507 e. The van der Waals surface area contributed by atoms with Gasteiger partial charge in [0, 0.05) is 17.7 Å². The Labute approximate surface area is 128 Å². The number of methoxy groups -OCH3 is 1. The second kappa shape index (κ2) is 5.28. The van der Waals surface area contributed by atoms with Crippen LogP contribution in [0.2, 0.25) is 0 Å². The van der Waals surface area contributed by atoms with Gasteiger partial charge in [0.2, 0.25) is 5.75 Å². The van der Waals surface area contributed by atoms with Crippen molar-refractivity contribution in [3.63, 3.8) is 0 Å². The lowest BCUT2D eigenvalue weighted by Crippen LogP contribution is -2.02. The van der Waals surface area contributed by atoms with Crippen molar-refractivity contribution < 1.29 is 28.1 Å². The van der Waals surface area contributed by atoms with Crippen LogP contribution < -0.4 is 10.2 Å². The first-order valence-corrected chi connectivity index (χ1v) is 6.44. The van der Waals surface area contributed by atoms with Gasteiger partial charge in [-0.1, -0.05) is 0 Å². The summed E-state index contributed by atoms with van der Waals surface area (Å²) in [7, 11) is 1.25. The van der Waals surface area contributed by atoms with Crippen LogP contribution >= 0.6 is 0 Å². The minimum absolute atomic E-state index is 0.0651. The summed E-state index contributed by atoms with van der Waals surface area (Å²) in [6, 6.07) is 4.98. The highest BCUT2D eigenvalue weighted by Gasteiger charge is 2.19. The first kappa shape index (κ1) is 14.8. The van der Waals surface area contributed by atoms with Crippen LogP contribution in [-0.2, 0) is 0 Å². The fourth-order valence-corrected chi connectivity index (χ4v) is 2.27. The number of hydrogen-bond acceptors (Lipinski definition) is 5. The molecule has 0 aliphatic rings. The quantitative estimate of drug-likeness (QED) is 0.758. The number of phenolic OH excluding ortho intramolecular Hbond substituents is 2. The van der Waals surface area contributed by atoms with Gasteiger partial charge < -0.3 is 19.4 Å². The van der Waals surface area contributed by atoms with Crippen LogP contribution in [-0.4, -0.2) is 17.3 Å². The standard InChI is InChI=1S/C16H10F2O5/c1-22-15-12(21)5-10(19)14-11(20)6-13(23-16(14)15)7-2-3-8(17)9(18)4-7/h2-6,19,21H,1H3. The third kappa shape index (κ3) is 2.36. The van der Waals surface area contributed by atoms with Crippen molar-refractivity contribution in [2.75, 3.05) is 7.11 Å². The third-order valence-corrected chi connectivity index (χ3v) is 3.32. The first-order valence-electron chi connectivity index (χ1n) is 6.44. The molecule has 3 rings (SSSR count). The van der Waals surface area contributed by atoms with Crippen LogP contribution in [0.1, 0.15) is 0 Å². The Kier molecular flexibility index (Phi) is 3.40. The molecule has 0 fully saturated rings. The number of hydrogen-bond donors (Lipinski definition) is 2. The van der Waals surface area contributed by atoms with Crippen LogP contribution in [0.15, 0.2) is 39.5 Å². The highest BCUT2D eigenvalue weighted by molar-refractivity contribution is 5.91. The van der Waals surface area contributed by atoms with Gasteiger partial charge in [-0.3, -0.25) is 4.79 Å². The summed E-state index contributed by atoms with van der Waals surface area (Å²) >= 11 is 0. The molecule has 2 aromatic carbocycles. The number of phenols is 2. The van der Waals surface area contributed by atoms with E-state index in [1.807, 2.05) is 0 Å². The van der Waals surface area contributed by atoms with E-state index >= 15 is 0 Å². The fraction of sp³-hybridized carbons (Fsp3) is 0.0625. The Morgan fingerprint density at radius 1 is 1.04 bits per heavy atom. The van der Waals surface area contributed by atoms with E-state index in [2.05, 4.69) is 0 Å². The van der Waals surface area contributed by atoms with Gasteiger partial charge in [-0.05, 0) is 18.2 Å². The summed E-state index contributed by atoms with van der Waals surface area (Å²) < 4.78 is 36.8. The molecule has 23 heavy (non-hydrogen) atoms. The molecule has 0 saturated carbocycles. The van der Waals surface area contributed by atoms with Crippen LogP contribution in [0, 0.1) is 11.6 Å². The maximum atomic E-state index is 13.4. The van der Waals surface area contributed by atoms with Gasteiger partial charge in [-0.2, -0.15) is 0 Å². The predicted molar refractivity (Wildman–Crippen MR) is 77.7 cm³/mol. The molecule has 0 aliphatic carbocycles. The molecule has 5 nitrogen and oxygen atoms in total. The summed E-state index contributed by atoms with van der Waals surface area (Å²) in [5, 5.41) is 19.4. The summed E-state index contributed by atoms with van der Waals surface area (Å²) in [5.74, 6) is -3.27. The molecule has 0 radical (unpaired) electrons. The second-order valence-corrected chi connectivity index (χ2v) is 4.76. The molecular weight excluding hydrogens is 310 g/mol. The third-order valence-electron chi connectivity index (χ3n) is 3.32. The summed E-state index contributed by atoms with van der Waals surface area (Å²) in [4.78, 5) is 12.2. The van der Waals surface area contributed by atoms with Crippen LogP contribution in [0.25, 0.3) is 22.3 Å². The lowest BCUT2D eigenvalue weighted by Gasteiger charge is -2.10. The maximum absolute atomic E-state index is 13.4. The zero-order valence-corrected chi connectivity index (χ0v) is 11.8. The molecule has 7 heteroatoms. The van der Waals surface area contributed by atoms with Gasteiger partial charge >= 0.3 is 0 Å². The highest BCUT2D eigenvalue weighted by Crippen LogP contribution is 2.40. The topological polar surface area (TPSA) is 79.9 Å². The number of ether oxygens (including phenoxy) is 1. The van der Waals surface area contributed by atoms with Gasteiger partial charge in [0.1, 0.15) is 16.9 Å². The smallest absolute Gasteiger partial charge is 0.204 e. The average Bonchev–Trinajstić information content (AvgIpc) is 2.49. The average molecular weight is 320 g/mol. The Balaban J connectivity index is 2.36. The number of benzene rings is 2. The van der Waals surface area contributed by atoms with Crippen LogP contribution in [0.5, 0.6) is 17.2 Å². The van der Waals surface area contributed by atoms with Gasteiger partial charge in [-0.15, -0.1) is 0 Å². The molecule has 0 saturated heterocycles. The summed E-state index contributed by atoms with van der Waals surface area (Å²) in [6.45, 7) is 0. The van der Waals surface area contributed by atoms with Crippen molar-refractivity contribution in [2.45, 2.75) is 0 Å². The number of aromatic hydroxyl groups is 2. The van der Waals surface area contributed by atoms with E-state index < -0.39 is 28.6 Å². The molecule has 1 aromatic heterocycles. The highest BCUT2D eigenvalue weighted by atomic mass is 19.2. The van der Waals surface area contributed by atoms with Gasteiger partial charge in [0.05, 0.1) is 7.11 Å². The van der Waals surface area contributed by atoms with E-state index in [-0.39, 0.29) is 28.0 Å².